The van der Waals surface area contributed by atoms with Gasteiger partial charge in [-0.15, -0.1) is 0 Å². The molecule has 1 fully saturated rings. The van der Waals surface area contributed by atoms with Crippen molar-refractivity contribution >= 4 is 5.69 Å². The summed E-state index contributed by atoms with van der Waals surface area (Å²) in [5.74, 6) is 1.31. The molecule has 6 nitrogen and oxygen atoms in total. The van der Waals surface area contributed by atoms with Gasteiger partial charge in [-0.1, -0.05) is 5.16 Å². The van der Waals surface area contributed by atoms with Crippen molar-refractivity contribution in [2.24, 2.45) is 0 Å². The molecule has 0 amide bonds. The molecule has 1 aliphatic heterocycles. The average Bonchev–Trinajstić information content (AvgIpc) is 3.04. The van der Waals surface area contributed by atoms with E-state index in [2.05, 4.69) is 39.4 Å². The van der Waals surface area contributed by atoms with Crippen LogP contribution in [0.4, 0.5) is 5.69 Å². The molecule has 0 saturated carbocycles. The van der Waals surface area contributed by atoms with Gasteiger partial charge in [0, 0.05) is 36.8 Å². The van der Waals surface area contributed by atoms with E-state index >= 15 is 0 Å². The number of anilines is 1. The third-order valence-corrected chi connectivity index (χ3v) is 3.94. The lowest BCUT2D eigenvalue weighted by atomic mass is 10.2. The molecule has 1 N–H and O–H groups in total. The summed E-state index contributed by atoms with van der Waals surface area (Å²) in [5, 5.41) is 7.21. The molecule has 0 bridgehead atoms. The molecular weight excluding hydrogens is 280 g/mol. The molecule has 1 atom stereocenters. The van der Waals surface area contributed by atoms with E-state index in [1.165, 1.54) is 5.69 Å². The van der Waals surface area contributed by atoms with Crippen LogP contribution in [0.15, 0.2) is 28.8 Å². The minimum atomic E-state index is 0.328. The lowest BCUT2D eigenvalue weighted by Gasteiger charge is -2.28. The van der Waals surface area contributed by atoms with Crippen LogP contribution in [0, 0.1) is 0 Å². The summed E-state index contributed by atoms with van der Waals surface area (Å²) in [6.07, 6.45) is 0.756. The number of aromatic nitrogens is 2. The van der Waals surface area contributed by atoms with Crippen LogP contribution in [0.5, 0.6) is 0 Å². The molecule has 2 heterocycles. The quantitative estimate of drug-likeness (QED) is 0.907. The minimum absolute atomic E-state index is 0.328. The van der Waals surface area contributed by atoms with Gasteiger partial charge in [0.2, 0.25) is 0 Å². The Labute approximate surface area is 130 Å². The summed E-state index contributed by atoms with van der Waals surface area (Å²) in [6.45, 7) is 5.54. The van der Waals surface area contributed by atoms with Gasteiger partial charge in [-0.2, -0.15) is 4.98 Å². The van der Waals surface area contributed by atoms with E-state index in [9.17, 15) is 0 Å². The number of likely N-dealkylation sites (N-methyl/N-ethyl adjacent to an activating group) is 1. The van der Waals surface area contributed by atoms with Gasteiger partial charge in [-0.25, -0.2) is 0 Å². The first-order valence-electron chi connectivity index (χ1n) is 7.69. The van der Waals surface area contributed by atoms with Crippen molar-refractivity contribution < 1.29 is 9.26 Å². The molecule has 22 heavy (non-hydrogen) atoms. The smallest absolute Gasteiger partial charge is 0.257 e. The van der Waals surface area contributed by atoms with Crippen molar-refractivity contribution in [3.63, 3.8) is 0 Å². The second-order valence-corrected chi connectivity index (χ2v) is 5.56. The van der Waals surface area contributed by atoms with Crippen molar-refractivity contribution in [1.29, 1.82) is 0 Å². The van der Waals surface area contributed by atoms with E-state index in [0.29, 0.717) is 11.9 Å². The van der Waals surface area contributed by atoms with E-state index in [1.54, 1.807) is 0 Å². The van der Waals surface area contributed by atoms with Crippen molar-refractivity contribution in [3.8, 4) is 11.5 Å². The van der Waals surface area contributed by atoms with E-state index in [-0.39, 0.29) is 0 Å². The predicted molar refractivity (Wildman–Crippen MR) is 85.0 cm³/mol. The van der Waals surface area contributed by atoms with Gasteiger partial charge in [0.15, 0.2) is 5.82 Å². The number of nitrogens with zero attached hydrogens (tertiary/aromatic N) is 3. The predicted octanol–water partition coefficient (Wildman–Crippen LogP) is 1.72. The number of ether oxygens (including phenoxy) is 1. The monoisotopic (exact) mass is 302 g/mol. The minimum Gasteiger partial charge on any atom is -0.378 e. The van der Waals surface area contributed by atoms with Gasteiger partial charge >= 0.3 is 0 Å². The highest BCUT2D eigenvalue weighted by atomic mass is 16.5. The topological polar surface area (TPSA) is 63.4 Å². The summed E-state index contributed by atoms with van der Waals surface area (Å²) in [6, 6.07) is 8.59. The number of benzene rings is 1. The van der Waals surface area contributed by atoms with Gasteiger partial charge in [0.25, 0.3) is 5.89 Å². The molecular formula is C16H22N4O2. The molecule has 2 aromatic rings. The Morgan fingerprint density at radius 3 is 2.64 bits per heavy atom. The number of hydrogen-bond acceptors (Lipinski definition) is 6. The maximum atomic E-state index is 5.38. The molecule has 3 rings (SSSR count). The first-order valence-corrected chi connectivity index (χ1v) is 7.69. The molecule has 6 heteroatoms. The maximum Gasteiger partial charge on any atom is 0.257 e. The van der Waals surface area contributed by atoms with Crippen LogP contribution in [0.25, 0.3) is 11.5 Å². The zero-order valence-corrected chi connectivity index (χ0v) is 13.1. The molecule has 1 saturated heterocycles. The standard InChI is InChI=1S/C16H22N4O2/c1-12(17-2)11-15-18-16(22-19-15)13-3-5-14(6-4-13)20-7-9-21-10-8-20/h3-6,12,17H,7-11H2,1-2H3. The zero-order valence-electron chi connectivity index (χ0n) is 13.1. The number of rotatable bonds is 5. The highest BCUT2D eigenvalue weighted by Gasteiger charge is 2.13. The molecule has 1 aromatic heterocycles. The highest BCUT2D eigenvalue weighted by Crippen LogP contribution is 2.22. The van der Waals surface area contributed by atoms with Crippen LogP contribution in [-0.4, -0.2) is 49.5 Å². The van der Waals surface area contributed by atoms with Gasteiger partial charge in [0.05, 0.1) is 13.2 Å². The van der Waals surface area contributed by atoms with E-state index in [0.717, 1.165) is 44.1 Å². The molecule has 1 aromatic carbocycles. The fraction of sp³-hybridized carbons (Fsp3) is 0.500. The lowest BCUT2D eigenvalue weighted by molar-refractivity contribution is 0.122. The Kier molecular flexibility index (Phi) is 4.70. The van der Waals surface area contributed by atoms with Crippen LogP contribution in [-0.2, 0) is 11.2 Å². The van der Waals surface area contributed by atoms with Crippen molar-refractivity contribution in [3.05, 3.63) is 30.1 Å². The lowest BCUT2D eigenvalue weighted by Crippen LogP contribution is -2.36. The van der Waals surface area contributed by atoms with Crippen LogP contribution >= 0.6 is 0 Å². The Hall–Kier alpha value is -1.92. The summed E-state index contributed by atoms with van der Waals surface area (Å²) < 4.78 is 10.7. The van der Waals surface area contributed by atoms with E-state index in [4.69, 9.17) is 9.26 Å². The summed E-state index contributed by atoms with van der Waals surface area (Å²) >= 11 is 0. The second-order valence-electron chi connectivity index (χ2n) is 5.56. The SMILES string of the molecule is CNC(C)Cc1noc(-c2ccc(N3CCOCC3)cc2)n1. The Bertz CT molecular complexity index is 590. The largest absolute Gasteiger partial charge is 0.378 e. The van der Waals surface area contributed by atoms with E-state index < -0.39 is 0 Å². The molecule has 0 aliphatic carbocycles. The van der Waals surface area contributed by atoms with E-state index in [1.807, 2.05) is 19.2 Å². The van der Waals surface area contributed by atoms with Crippen LogP contribution in [0.3, 0.4) is 0 Å². The number of hydrogen-bond donors (Lipinski definition) is 1. The molecule has 0 spiro atoms. The molecule has 118 valence electrons. The Morgan fingerprint density at radius 1 is 1.23 bits per heavy atom. The van der Waals surface area contributed by atoms with Crippen LogP contribution < -0.4 is 10.2 Å². The number of morpholine rings is 1. The fourth-order valence-corrected chi connectivity index (χ4v) is 2.47. The summed E-state index contributed by atoms with van der Waals surface area (Å²) in [5.41, 5.74) is 2.16. The molecule has 0 radical (unpaired) electrons. The third-order valence-electron chi connectivity index (χ3n) is 3.94. The average molecular weight is 302 g/mol. The van der Waals surface area contributed by atoms with Gasteiger partial charge in [-0.3, -0.25) is 0 Å². The van der Waals surface area contributed by atoms with Gasteiger partial charge in [-0.05, 0) is 38.2 Å². The zero-order chi connectivity index (χ0) is 15.4. The molecule has 1 aliphatic rings. The van der Waals surface area contributed by atoms with Gasteiger partial charge < -0.3 is 19.5 Å². The summed E-state index contributed by atoms with van der Waals surface area (Å²) in [7, 11) is 1.93. The normalized spacial score (nSPS) is 16.7. The first kappa shape index (κ1) is 15.0. The van der Waals surface area contributed by atoms with Gasteiger partial charge in [0.1, 0.15) is 0 Å². The Balaban J connectivity index is 1.69. The van der Waals surface area contributed by atoms with Crippen molar-refractivity contribution in [2.45, 2.75) is 19.4 Å². The van der Waals surface area contributed by atoms with Crippen LogP contribution in [0.2, 0.25) is 0 Å². The highest BCUT2D eigenvalue weighted by molar-refractivity contribution is 5.59. The first-order chi connectivity index (χ1) is 10.8. The summed E-state index contributed by atoms with van der Waals surface area (Å²) in [4.78, 5) is 6.78. The third kappa shape index (κ3) is 3.45. The second kappa shape index (κ2) is 6.89. The fourth-order valence-electron chi connectivity index (χ4n) is 2.47. The van der Waals surface area contributed by atoms with Crippen molar-refractivity contribution in [1.82, 2.24) is 15.5 Å². The maximum absolute atomic E-state index is 5.38. The Morgan fingerprint density at radius 2 is 1.95 bits per heavy atom. The van der Waals surface area contributed by atoms with Crippen molar-refractivity contribution in [2.75, 3.05) is 38.3 Å². The molecule has 1 unspecified atom stereocenters. The van der Waals surface area contributed by atoms with Crippen LogP contribution in [0.1, 0.15) is 12.7 Å². The number of nitrogens with one attached hydrogen (secondary N) is 1.